The Labute approximate surface area is 142 Å². The average Bonchev–Trinajstić information content (AvgIpc) is 2.92. The Morgan fingerprint density at radius 1 is 1.48 bits per heavy atom. The van der Waals surface area contributed by atoms with Crippen molar-refractivity contribution in [3.63, 3.8) is 0 Å². The third-order valence-corrected chi connectivity index (χ3v) is 4.62. The number of ether oxygens (including phenoxy) is 1. The van der Waals surface area contributed by atoms with Crippen LogP contribution in [0.1, 0.15) is 24.8 Å². The van der Waals surface area contributed by atoms with Gasteiger partial charge in [-0.15, -0.1) is 0 Å². The van der Waals surface area contributed by atoms with Gasteiger partial charge in [-0.05, 0) is 43.0 Å². The lowest BCUT2D eigenvalue weighted by Crippen LogP contribution is -2.41. The highest BCUT2D eigenvalue weighted by atomic mass is 35.5. The molecule has 2 rings (SSSR count). The molecule has 1 saturated carbocycles. The summed E-state index contributed by atoms with van der Waals surface area (Å²) in [7, 11) is 3.38. The van der Waals surface area contributed by atoms with Crippen LogP contribution < -0.4 is 10.1 Å². The smallest absolute Gasteiger partial charge is 0.317 e. The van der Waals surface area contributed by atoms with Gasteiger partial charge in [-0.2, -0.15) is 0 Å². The molecule has 23 heavy (non-hydrogen) atoms. The number of aliphatic hydroxyl groups excluding tert-OH is 1. The molecule has 6 heteroatoms. The maximum absolute atomic E-state index is 12.1. The van der Waals surface area contributed by atoms with Gasteiger partial charge in [0.15, 0.2) is 0 Å². The topological polar surface area (TPSA) is 61.8 Å². The fraction of sp³-hybridized carbons (Fsp3) is 0.588. The summed E-state index contributed by atoms with van der Waals surface area (Å²) in [6.07, 6.45) is 3.24. The molecule has 0 aliphatic heterocycles. The van der Waals surface area contributed by atoms with E-state index in [4.69, 9.17) is 16.3 Å². The van der Waals surface area contributed by atoms with Crippen LogP contribution >= 0.6 is 11.6 Å². The van der Waals surface area contributed by atoms with Crippen molar-refractivity contribution in [2.75, 3.05) is 27.2 Å². The molecule has 0 spiro atoms. The molecule has 1 aliphatic carbocycles. The first kappa shape index (κ1) is 17.9. The Bertz CT molecular complexity index is 539. The number of benzene rings is 1. The van der Waals surface area contributed by atoms with Gasteiger partial charge in [-0.3, -0.25) is 0 Å². The number of methoxy groups -OCH3 is 1. The van der Waals surface area contributed by atoms with Gasteiger partial charge in [-0.1, -0.05) is 18.0 Å². The van der Waals surface area contributed by atoms with Crippen LogP contribution in [0, 0.1) is 5.92 Å². The first-order valence-electron chi connectivity index (χ1n) is 8.00. The van der Waals surface area contributed by atoms with Crippen LogP contribution in [-0.4, -0.2) is 49.4 Å². The minimum atomic E-state index is -0.277. The number of urea groups is 1. The van der Waals surface area contributed by atoms with E-state index in [1.165, 1.54) is 0 Å². The molecule has 1 aromatic carbocycles. The highest BCUT2D eigenvalue weighted by Crippen LogP contribution is 2.26. The van der Waals surface area contributed by atoms with Gasteiger partial charge in [-0.25, -0.2) is 4.79 Å². The number of halogens is 1. The van der Waals surface area contributed by atoms with E-state index >= 15 is 0 Å². The highest BCUT2D eigenvalue weighted by molar-refractivity contribution is 6.30. The van der Waals surface area contributed by atoms with E-state index in [1.807, 2.05) is 12.1 Å². The Balaban J connectivity index is 1.79. The van der Waals surface area contributed by atoms with Gasteiger partial charge in [0.05, 0.1) is 13.2 Å². The number of hydrogen-bond donors (Lipinski definition) is 2. The zero-order valence-electron chi connectivity index (χ0n) is 13.7. The molecule has 2 atom stereocenters. The second-order valence-corrected chi connectivity index (χ2v) is 6.51. The molecule has 128 valence electrons. The Morgan fingerprint density at radius 2 is 2.26 bits per heavy atom. The molecule has 0 heterocycles. The number of hydrogen-bond acceptors (Lipinski definition) is 3. The van der Waals surface area contributed by atoms with Crippen molar-refractivity contribution in [3.8, 4) is 5.75 Å². The minimum absolute atomic E-state index is 0.120. The molecule has 2 amide bonds. The molecule has 0 radical (unpaired) electrons. The van der Waals surface area contributed by atoms with Crippen LogP contribution in [-0.2, 0) is 6.42 Å². The molecule has 5 nitrogen and oxygen atoms in total. The van der Waals surface area contributed by atoms with Crippen LogP contribution in [0.15, 0.2) is 18.2 Å². The highest BCUT2D eigenvalue weighted by Gasteiger charge is 2.27. The molecule has 0 unspecified atom stereocenters. The quantitative estimate of drug-likeness (QED) is 0.837. The molecule has 2 N–H and O–H groups in total. The summed E-state index contributed by atoms with van der Waals surface area (Å²) in [6, 6.07) is 5.34. The van der Waals surface area contributed by atoms with E-state index in [9.17, 15) is 9.90 Å². The maximum Gasteiger partial charge on any atom is 0.317 e. The molecule has 0 bridgehead atoms. The maximum atomic E-state index is 12.1. The van der Waals surface area contributed by atoms with Gasteiger partial charge in [0.25, 0.3) is 0 Å². The number of nitrogens with zero attached hydrogens (tertiary/aromatic N) is 1. The number of amides is 2. The second kappa shape index (κ2) is 8.41. The predicted octanol–water partition coefficient (Wildman–Crippen LogP) is 2.69. The Hall–Kier alpha value is -1.46. The van der Waals surface area contributed by atoms with E-state index in [1.54, 1.807) is 25.1 Å². The third kappa shape index (κ3) is 5.01. The van der Waals surface area contributed by atoms with Crippen molar-refractivity contribution in [3.05, 3.63) is 28.8 Å². The normalized spacial score (nSPS) is 20.3. The lowest BCUT2D eigenvalue weighted by atomic mass is 10.1. The van der Waals surface area contributed by atoms with Gasteiger partial charge in [0.1, 0.15) is 5.75 Å². The molecule has 0 saturated heterocycles. The van der Waals surface area contributed by atoms with Crippen molar-refractivity contribution in [1.29, 1.82) is 0 Å². The zero-order chi connectivity index (χ0) is 16.8. The summed E-state index contributed by atoms with van der Waals surface area (Å²) in [5, 5.41) is 13.4. The molecular formula is C17H25ClN2O3. The summed E-state index contributed by atoms with van der Waals surface area (Å²) < 4.78 is 5.30. The van der Waals surface area contributed by atoms with Gasteiger partial charge in [0.2, 0.25) is 0 Å². The van der Waals surface area contributed by atoms with Crippen molar-refractivity contribution in [1.82, 2.24) is 10.2 Å². The lowest BCUT2D eigenvalue weighted by molar-refractivity contribution is 0.114. The number of nitrogens with one attached hydrogen (secondary N) is 1. The van der Waals surface area contributed by atoms with Crippen molar-refractivity contribution < 1.29 is 14.6 Å². The summed E-state index contributed by atoms with van der Waals surface area (Å²) >= 11 is 6.00. The zero-order valence-corrected chi connectivity index (χ0v) is 14.5. The van der Waals surface area contributed by atoms with Gasteiger partial charge >= 0.3 is 6.03 Å². The third-order valence-electron chi connectivity index (χ3n) is 4.39. The molecule has 0 aromatic heterocycles. The van der Waals surface area contributed by atoms with Crippen LogP contribution in [0.5, 0.6) is 5.75 Å². The van der Waals surface area contributed by atoms with E-state index in [-0.39, 0.29) is 18.1 Å². The van der Waals surface area contributed by atoms with Gasteiger partial charge < -0.3 is 20.1 Å². The van der Waals surface area contributed by atoms with Crippen LogP contribution in [0.4, 0.5) is 4.79 Å². The standard InChI is InChI=1S/C17H25ClN2O3/c1-20(11-13-4-3-5-15(13)21)17(22)19-9-8-12-10-14(18)6-7-16(12)23-2/h6-7,10,13,15,21H,3-5,8-9,11H2,1-2H3,(H,19,22)/t13-,15-/m1/s1. The first-order valence-corrected chi connectivity index (χ1v) is 8.38. The van der Waals surface area contributed by atoms with Gasteiger partial charge in [0, 0.05) is 31.1 Å². The van der Waals surface area contributed by atoms with E-state index in [0.29, 0.717) is 24.5 Å². The van der Waals surface area contributed by atoms with E-state index in [0.717, 1.165) is 30.6 Å². The summed E-state index contributed by atoms with van der Waals surface area (Å²) in [4.78, 5) is 13.8. The van der Waals surface area contributed by atoms with Crippen molar-refractivity contribution in [2.24, 2.45) is 5.92 Å². The second-order valence-electron chi connectivity index (χ2n) is 6.08. The summed E-state index contributed by atoms with van der Waals surface area (Å²) in [6.45, 7) is 1.10. The number of carbonyl (C=O) groups excluding carboxylic acids is 1. The van der Waals surface area contributed by atoms with Crippen LogP contribution in [0.3, 0.4) is 0 Å². The first-order chi connectivity index (χ1) is 11.0. The largest absolute Gasteiger partial charge is 0.496 e. The molecule has 1 fully saturated rings. The minimum Gasteiger partial charge on any atom is -0.496 e. The van der Waals surface area contributed by atoms with Crippen LogP contribution in [0.25, 0.3) is 0 Å². The number of carbonyl (C=O) groups is 1. The SMILES string of the molecule is COc1ccc(Cl)cc1CCNC(=O)N(C)C[C@H]1CCC[C@H]1O. The van der Waals surface area contributed by atoms with E-state index in [2.05, 4.69) is 5.32 Å². The Morgan fingerprint density at radius 3 is 2.91 bits per heavy atom. The van der Waals surface area contributed by atoms with E-state index < -0.39 is 0 Å². The lowest BCUT2D eigenvalue weighted by Gasteiger charge is -2.23. The fourth-order valence-corrected chi connectivity index (χ4v) is 3.24. The Kier molecular flexibility index (Phi) is 6.54. The number of aliphatic hydroxyl groups is 1. The molecule has 1 aliphatic rings. The van der Waals surface area contributed by atoms with Crippen molar-refractivity contribution in [2.45, 2.75) is 31.8 Å². The molecule has 1 aromatic rings. The van der Waals surface area contributed by atoms with Crippen LogP contribution in [0.2, 0.25) is 5.02 Å². The number of rotatable bonds is 6. The summed E-state index contributed by atoms with van der Waals surface area (Å²) in [5.41, 5.74) is 0.967. The van der Waals surface area contributed by atoms with Crippen molar-refractivity contribution >= 4 is 17.6 Å². The predicted molar refractivity (Wildman–Crippen MR) is 91.1 cm³/mol. The monoisotopic (exact) mass is 340 g/mol. The average molecular weight is 341 g/mol. The summed E-state index contributed by atoms with van der Waals surface area (Å²) in [5.74, 6) is 0.963. The fourth-order valence-electron chi connectivity index (χ4n) is 3.05. The molecular weight excluding hydrogens is 316 g/mol.